The largest absolute Gasteiger partial charge is 0.321 e. The second-order valence-electron chi connectivity index (χ2n) is 3.00. The van der Waals surface area contributed by atoms with Crippen molar-refractivity contribution in [2.45, 2.75) is 25.8 Å². The van der Waals surface area contributed by atoms with Crippen LogP contribution in [-0.4, -0.2) is 5.54 Å². The Morgan fingerprint density at radius 2 is 2.20 bits per heavy atom. The van der Waals surface area contributed by atoms with Gasteiger partial charge in [-0.25, -0.2) is 0 Å². The first kappa shape index (κ1) is 7.55. The van der Waals surface area contributed by atoms with Gasteiger partial charge in [-0.2, -0.15) is 0 Å². The fourth-order valence-corrected chi connectivity index (χ4v) is 1.24. The first-order valence-electron chi connectivity index (χ1n) is 3.84. The highest BCUT2D eigenvalue weighted by molar-refractivity contribution is 5.22. The quantitative estimate of drug-likeness (QED) is 0.586. The van der Waals surface area contributed by atoms with Crippen molar-refractivity contribution in [2.24, 2.45) is 11.7 Å². The first-order chi connectivity index (χ1) is 4.69. The minimum atomic E-state index is -0.0885. The molecule has 56 valence electrons. The Labute approximate surface area is 62.6 Å². The minimum absolute atomic E-state index is 0.0885. The molecular formula is C9H15N. The van der Waals surface area contributed by atoms with Crippen LogP contribution in [0.3, 0.4) is 0 Å². The highest BCUT2D eigenvalue weighted by Gasteiger charge is 2.25. The fraction of sp³-hybridized carbons (Fsp3) is 0.556. The molecule has 0 aliphatic heterocycles. The molecule has 0 aromatic rings. The van der Waals surface area contributed by atoms with E-state index in [2.05, 4.69) is 32.1 Å². The van der Waals surface area contributed by atoms with Crippen molar-refractivity contribution in [1.82, 2.24) is 0 Å². The van der Waals surface area contributed by atoms with Crippen LogP contribution in [0, 0.1) is 5.92 Å². The molecule has 10 heavy (non-hydrogen) atoms. The third-order valence-electron chi connectivity index (χ3n) is 2.38. The summed E-state index contributed by atoms with van der Waals surface area (Å²) in [6.45, 7) is 4.28. The van der Waals surface area contributed by atoms with E-state index in [0.717, 1.165) is 6.42 Å². The molecule has 1 aliphatic carbocycles. The summed E-state index contributed by atoms with van der Waals surface area (Å²) in [4.78, 5) is 0. The molecule has 1 rings (SSSR count). The SMILES string of the molecule is CCC1(N)C=CC=CC1C. The molecule has 1 nitrogen and oxygen atoms in total. The van der Waals surface area contributed by atoms with Crippen molar-refractivity contribution in [1.29, 1.82) is 0 Å². The normalized spacial score (nSPS) is 38.5. The monoisotopic (exact) mass is 137 g/mol. The van der Waals surface area contributed by atoms with E-state index < -0.39 is 0 Å². The Bertz CT molecular complexity index is 170. The highest BCUT2D eigenvalue weighted by atomic mass is 14.7. The Morgan fingerprint density at radius 3 is 2.60 bits per heavy atom. The van der Waals surface area contributed by atoms with Gasteiger partial charge >= 0.3 is 0 Å². The Kier molecular flexibility index (Phi) is 1.95. The fourth-order valence-electron chi connectivity index (χ4n) is 1.24. The predicted octanol–water partition coefficient (Wildman–Crippen LogP) is 1.86. The van der Waals surface area contributed by atoms with Crippen LogP contribution in [0.4, 0.5) is 0 Å². The van der Waals surface area contributed by atoms with Gasteiger partial charge in [0.15, 0.2) is 0 Å². The molecule has 0 aromatic carbocycles. The Hall–Kier alpha value is -0.560. The minimum Gasteiger partial charge on any atom is -0.321 e. The number of rotatable bonds is 1. The number of hydrogen-bond acceptors (Lipinski definition) is 1. The first-order valence-corrected chi connectivity index (χ1v) is 3.84. The maximum absolute atomic E-state index is 6.06. The third kappa shape index (κ3) is 1.14. The van der Waals surface area contributed by atoms with Crippen molar-refractivity contribution in [3.63, 3.8) is 0 Å². The Morgan fingerprint density at radius 1 is 1.50 bits per heavy atom. The Balaban J connectivity index is 2.77. The van der Waals surface area contributed by atoms with E-state index >= 15 is 0 Å². The second-order valence-corrected chi connectivity index (χ2v) is 3.00. The van der Waals surface area contributed by atoms with E-state index in [1.54, 1.807) is 0 Å². The summed E-state index contributed by atoms with van der Waals surface area (Å²) in [5.74, 6) is 0.475. The van der Waals surface area contributed by atoms with Gasteiger partial charge in [0.1, 0.15) is 0 Å². The van der Waals surface area contributed by atoms with Gasteiger partial charge in [0.2, 0.25) is 0 Å². The lowest BCUT2D eigenvalue weighted by molar-refractivity contribution is 0.403. The van der Waals surface area contributed by atoms with Crippen LogP contribution >= 0.6 is 0 Å². The maximum atomic E-state index is 6.06. The van der Waals surface area contributed by atoms with Gasteiger partial charge in [0, 0.05) is 5.54 Å². The lowest BCUT2D eigenvalue weighted by Crippen LogP contribution is -2.43. The van der Waals surface area contributed by atoms with E-state index in [1.807, 2.05) is 6.08 Å². The zero-order valence-corrected chi connectivity index (χ0v) is 6.67. The van der Waals surface area contributed by atoms with Crippen molar-refractivity contribution < 1.29 is 0 Å². The molecular weight excluding hydrogens is 122 g/mol. The van der Waals surface area contributed by atoms with E-state index in [9.17, 15) is 0 Å². The molecule has 0 heterocycles. The lowest BCUT2D eigenvalue weighted by atomic mass is 9.81. The molecule has 2 atom stereocenters. The van der Waals surface area contributed by atoms with Crippen LogP contribution in [-0.2, 0) is 0 Å². The van der Waals surface area contributed by atoms with Gasteiger partial charge in [0.25, 0.3) is 0 Å². The van der Waals surface area contributed by atoms with Crippen LogP contribution in [0.5, 0.6) is 0 Å². The average Bonchev–Trinajstić information content (AvgIpc) is 1.96. The summed E-state index contributed by atoms with van der Waals surface area (Å²) < 4.78 is 0. The van der Waals surface area contributed by atoms with E-state index in [0.29, 0.717) is 5.92 Å². The molecule has 0 radical (unpaired) electrons. The second kappa shape index (κ2) is 2.59. The number of allylic oxidation sites excluding steroid dienone is 2. The zero-order chi connectivity index (χ0) is 7.61. The molecule has 0 aromatic heterocycles. The molecule has 0 bridgehead atoms. The number of nitrogens with two attached hydrogens (primary N) is 1. The molecule has 0 amide bonds. The lowest BCUT2D eigenvalue weighted by Gasteiger charge is -2.31. The van der Waals surface area contributed by atoms with Gasteiger partial charge in [-0.05, 0) is 12.3 Å². The molecule has 0 saturated carbocycles. The van der Waals surface area contributed by atoms with Gasteiger partial charge < -0.3 is 5.73 Å². The molecule has 0 fully saturated rings. The van der Waals surface area contributed by atoms with E-state index in [4.69, 9.17) is 5.73 Å². The zero-order valence-electron chi connectivity index (χ0n) is 6.67. The van der Waals surface area contributed by atoms with Crippen LogP contribution < -0.4 is 5.73 Å². The standard InChI is InChI=1S/C9H15N/c1-3-9(10)7-5-4-6-8(9)2/h4-8H,3,10H2,1-2H3. The van der Waals surface area contributed by atoms with E-state index in [-0.39, 0.29) is 5.54 Å². The van der Waals surface area contributed by atoms with Gasteiger partial charge in [-0.1, -0.05) is 38.2 Å². The van der Waals surface area contributed by atoms with Crippen molar-refractivity contribution in [3.8, 4) is 0 Å². The number of hydrogen-bond donors (Lipinski definition) is 1. The summed E-state index contributed by atoms with van der Waals surface area (Å²) in [5, 5.41) is 0. The molecule has 2 N–H and O–H groups in total. The molecule has 1 aliphatic rings. The maximum Gasteiger partial charge on any atom is 0.0400 e. The molecule has 2 unspecified atom stereocenters. The smallest absolute Gasteiger partial charge is 0.0400 e. The van der Waals surface area contributed by atoms with E-state index in [1.165, 1.54) is 0 Å². The van der Waals surface area contributed by atoms with Gasteiger partial charge in [0.05, 0.1) is 0 Å². The summed E-state index contributed by atoms with van der Waals surface area (Å²) in [6.07, 6.45) is 9.35. The van der Waals surface area contributed by atoms with Crippen molar-refractivity contribution >= 4 is 0 Å². The average molecular weight is 137 g/mol. The molecule has 0 saturated heterocycles. The van der Waals surface area contributed by atoms with Crippen molar-refractivity contribution in [2.75, 3.05) is 0 Å². The van der Waals surface area contributed by atoms with Crippen LogP contribution in [0.25, 0.3) is 0 Å². The summed E-state index contributed by atoms with van der Waals surface area (Å²) in [7, 11) is 0. The van der Waals surface area contributed by atoms with Crippen LogP contribution in [0.2, 0.25) is 0 Å². The topological polar surface area (TPSA) is 26.0 Å². The predicted molar refractivity (Wildman–Crippen MR) is 44.7 cm³/mol. The third-order valence-corrected chi connectivity index (χ3v) is 2.38. The van der Waals surface area contributed by atoms with Gasteiger partial charge in [-0.15, -0.1) is 0 Å². The van der Waals surface area contributed by atoms with Crippen molar-refractivity contribution in [3.05, 3.63) is 24.3 Å². The molecule has 0 spiro atoms. The highest BCUT2D eigenvalue weighted by Crippen LogP contribution is 2.24. The molecule has 1 heteroatoms. The van der Waals surface area contributed by atoms with Crippen LogP contribution in [0.15, 0.2) is 24.3 Å². The summed E-state index contributed by atoms with van der Waals surface area (Å²) in [5.41, 5.74) is 5.98. The van der Waals surface area contributed by atoms with Gasteiger partial charge in [-0.3, -0.25) is 0 Å². The summed E-state index contributed by atoms with van der Waals surface area (Å²) in [6, 6.07) is 0. The van der Waals surface area contributed by atoms with Crippen LogP contribution in [0.1, 0.15) is 20.3 Å². The summed E-state index contributed by atoms with van der Waals surface area (Å²) >= 11 is 0.